The zero-order valence-electron chi connectivity index (χ0n) is 20.1. The molecule has 0 unspecified atom stereocenters. The second kappa shape index (κ2) is 11.3. The molecular formula is C24H36N8O2. The van der Waals surface area contributed by atoms with Gasteiger partial charge in [0.05, 0.1) is 12.2 Å². The maximum Gasteiger partial charge on any atom is 0.228 e. The van der Waals surface area contributed by atoms with Crippen LogP contribution in [0.4, 0.5) is 11.8 Å². The van der Waals surface area contributed by atoms with Gasteiger partial charge >= 0.3 is 0 Å². The van der Waals surface area contributed by atoms with Gasteiger partial charge in [-0.3, -0.25) is 10.7 Å². The Bertz CT molecular complexity index is 993. The summed E-state index contributed by atoms with van der Waals surface area (Å²) >= 11 is 0. The highest BCUT2D eigenvalue weighted by atomic mass is 16.5. The Morgan fingerprint density at radius 1 is 1.29 bits per heavy atom. The van der Waals surface area contributed by atoms with Crippen LogP contribution >= 0.6 is 0 Å². The normalized spacial score (nSPS) is 16.6. The van der Waals surface area contributed by atoms with Crippen molar-refractivity contribution in [3.63, 3.8) is 0 Å². The summed E-state index contributed by atoms with van der Waals surface area (Å²) in [4.78, 5) is 11.5. The highest BCUT2D eigenvalue weighted by molar-refractivity contribution is 5.50. The van der Waals surface area contributed by atoms with Crippen molar-refractivity contribution in [2.24, 2.45) is 11.8 Å². The second-order valence-electron chi connectivity index (χ2n) is 9.21. The van der Waals surface area contributed by atoms with Gasteiger partial charge in [0.25, 0.3) is 0 Å². The molecule has 3 heterocycles. The first-order valence-corrected chi connectivity index (χ1v) is 12.1. The van der Waals surface area contributed by atoms with Crippen molar-refractivity contribution in [2.75, 3.05) is 36.9 Å². The summed E-state index contributed by atoms with van der Waals surface area (Å²) in [6.45, 7) is 12.4. The van der Waals surface area contributed by atoms with E-state index in [1.165, 1.54) is 12.8 Å². The van der Waals surface area contributed by atoms with Crippen LogP contribution in [-0.4, -0.2) is 46.3 Å². The smallest absolute Gasteiger partial charge is 0.228 e. The van der Waals surface area contributed by atoms with E-state index in [4.69, 9.17) is 15.1 Å². The van der Waals surface area contributed by atoms with Crippen LogP contribution in [0.15, 0.2) is 40.7 Å². The Morgan fingerprint density at radius 2 is 2.09 bits per heavy atom. The molecule has 2 fully saturated rings. The molecule has 5 N–H and O–H groups in total. The van der Waals surface area contributed by atoms with Crippen LogP contribution in [0.25, 0.3) is 0 Å². The summed E-state index contributed by atoms with van der Waals surface area (Å²) < 4.78 is 11.4. The van der Waals surface area contributed by atoms with E-state index < -0.39 is 0 Å². The lowest BCUT2D eigenvalue weighted by molar-refractivity contribution is 0.232. The number of likely N-dealkylation sites (tertiary alicyclic amines) is 1. The summed E-state index contributed by atoms with van der Waals surface area (Å²) in [5.41, 5.74) is 5.35. The lowest BCUT2D eigenvalue weighted by atomic mass is 10.1. The number of aromatic nitrogens is 3. The number of nitrogens with zero attached hydrogens (tertiary/aromatic N) is 4. The molecule has 1 saturated carbocycles. The Balaban J connectivity index is 1.43. The van der Waals surface area contributed by atoms with Gasteiger partial charge in [-0.15, -0.1) is 0 Å². The molecule has 0 radical (unpaired) electrons. The number of nitrogens with one attached hydrogen (secondary N) is 3. The Morgan fingerprint density at radius 3 is 2.76 bits per heavy atom. The van der Waals surface area contributed by atoms with Crippen LogP contribution in [0.5, 0.6) is 5.88 Å². The summed E-state index contributed by atoms with van der Waals surface area (Å²) in [6, 6.07) is 3.73. The molecule has 10 heteroatoms. The van der Waals surface area contributed by atoms with Crippen LogP contribution in [0, 0.1) is 5.92 Å². The van der Waals surface area contributed by atoms with E-state index in [0.717, 1.165) is 49.6 Å². The average molecular weight is 469 g/mol. The Hall–Kier alpha value is -3.11. The standard InChI is InChI=1S/C24H36N8O2/c1-16(2)20-13-19(34-31-20)15-26-24-28-22(27-17(3)12-21(30-25)18-6-7-18)14-23(29-24)33-11-10-32-8-4-5-9-32/h12-14,16,18,30H,3-11,15,25H2,1-2H3,(H2,26,27,28,29)/b21-12-. The largest absolute Gasteiger partial charge is 0.476 e. The summed E-state index contributed by atoms with van der Waals surface area (Å²) in [6.07, 6.45) is 6.71. The first-order chi connectivity index (χ1) is 16.5. The summed E-state index contributed by atoms with van der Waals surface area (Å²) in [5, 5.41) is 10.6. The number of anilines is 2. The van der Waals surface area contributed by atoms with Crippen molar-refractivity contribution < 1.29 is 9.26 Å². The minimum Gasteiger partial charge on any atom is -0.476 e. The van der Waals surface area contributed by atoms with Crippen molar-refractivity contribution in [1.29, 1.82) is 0 Å². The fourth-order valence-electron chi connectivity index (χ4n) is 3.84. The Labute approximate surface area is 201 Å². The molecule has 10 nitrogen and oxygen atoms in total. The first-order valence-electron chi connectivity index (χ1n) is 12.1. The molecule has 1 aliphatic heterocycles. The molecule has 0 amide bonds. The molecule has 0 aromatic carbocycles. The minimum atomic E-state index is 0.305. The van der Waals surface area contributed by atoms with E-state index in [1.807, 2.05) is 12.1 Å². The van der Waals surface area contributed by atoms with Gasteiger partial charge in [-0.25, -0.2) is 0 Å². The quantitative estimate of drug-likeness (QED) is 0.197. The van der Waals surface area contributed by atoms with Gasteiger partial charge < -0.3 is 25.3 Å². The monoisotopic (exact) mass is 468 g/mol. The number of hydrazine groups is 1. The molecule has 2 aliphatic rings. The maximum atomic E-state index is 5.98. The highest BCUT2D eigenvalue weighted by Crippen LogP contribution is 2.35. The van der Waals surface area contributed by atoms with Crippen molar-refractivity contribution in [2.45, 2.75) is 52.0 Å². The van der Waals surface area contributed by atoms with E-state index in [0.29, 0.717) is 48.3 Å². The molecule has 2 aromatic rings. The number of allylic oxidation sites excluding steroid dienone is 2. The number of hydrogen-bond donors (Lipinski definition) is 4. The molecule has 34 heavy (non-hydrogen) atoms. The van der Waals surface area contributed by atoms with Gasteiger partial charge in [0.2, 0.25) is 11.8 Å². The van der Waals surface area contributed by atoms with Crippen molar-refractivity contribution in [3.05, 3.63) is 47.6 Å². The molecule has 0 spiro atoms. The summed E-state index contributed by atoms with van der Waals surface area (Å²) in [5.74, 6) is 8.68. The number of rotatable bonds is 13. The molecule has 0 atom stereocenters. The average Bonchev–Trinajstić information content (AvgIpc) is 3.30. The van der Waals surface area contributed by atoms with E-state index in [9.17, 15) is 0 Å². The molecular weight excluding hydrogens is 432 g/mol. The zero-order valence-corrected chi connectivity index (χ0v) is 20.1. The van der Waals surface area contributed by atoms with Crippen LogP contribution in [0.2, 0.25) is 0 Å². The number of ether oxygens (including phenoxy) is 1. The number of hydrogen-bond acceptors (Lipinski definition) is 10. The van der Waals surface area contributed by atoms with Crippen LogP contribution in [0.1, 0.15) is 56.9 Å². The molecule has 2 aromatic heterocycles. The maximum absolute atomic E-state index is 5.98. The molecule has 1 saturated heterocycles. The summed E-state index contributed by atoms with van der Waals surface area (Å²) in [7, 11) is 0. The van der Waals surface area contributed by atoms with Crippen molar-refractivity contribution in [1.82, 2.24) is 25.5 Å². The Kier molecular flexibility index (Phi) is 8.02. The van der Waals surface area contributed by atoms with Gasteiger partial charge in [-0.1, -0.05) is 25.6 Å². The van der Waals surface area contributed by atoms with Crippen LogP contribution < -0.4 is 26.6 Å². The first kappa shape index (κ1) is 24.0. The third kappa shape index (κ3) is 6.94. The molecule has 4 rings (SSSR count). The minimum absolute atomic E-state index is 0.305. The molecule has 184 valence electrons. The highest BCUT2D eigenvalue weighted by Gasteiger charge is 2.25. The lowest BCUT2D eigenvalue weighted by Crippen LogP contribution is -2.25. The topological polar surface area (TPSA) is 126 Å². The fourth-order valence-corrected chi connectivity index (χ4v) is 3.84. The van der Waals surface area contributed by atoms with Gasteiger partial charge in [0.15, 0.2) is 5.76 Å². The van der Waals surface area contributed by atoms with E-state index >= 15 is 0 Å². The van der Waals surface area contributed by atoms with Gasteiger partial charge in [-0.05, 0) is 50.8 Å². The fraction of sp³-hybridized carbons (Fsp3) is 0.542. The number of nitrogens with two attached hydrogens (primary N) is 1. The van der Waals surface area contributed by atoms with Crippen LogP contribution in [-0.2, 0) is 6.54 Å². The zero-order chi connectivity index (χ0) is 23.9. The van der Waals surface area contributed by atoms with Gasteiger partial charge in [0, 0.05) is 36.0 Å². The van der Waals surface area contributed by atoms with Crippen molar-refractivity contribution >= 4 is 11.8 Å². The third-order valence-corrected chi connectivity index (χ3v) is 5.95. The van der Waals surface area contributed by atoms with E-state index in [-0.39, 0.29) is 0 Å². The SMILES string of the molecule is C=C(/C=C(\NN)C1CC1)Nc1cc(OCCN2CCCC2)nc(NCc2cc(C(C)C)no2)n1. The van der Waals surface area contributed by atoms with E-state index in [1.54, 1.807) is 6.07 Å². The second-order valence-corrected chi connectivity index (χ2v) is 9.21. The molecule has 0 bridgehead atoms. The predicted molar refractivity (Wildman–Crippen MR) is 132 cm³/mol. The molecule has 1 aliphatic carbocycles. The lowest BCUT2D eigenvalue weighted by Gasteiger charge is -2.16. The predicted octanol–water partition coefficient (Wildman–Crippen LogP) is 3.36. The van der Waals surface area contributed by atoms with Gasteiger partial charge in [0.1, 0.15) is 12.4 Å². The van der Waals surface area contributed by atoms with E-state index in [2.05, 4.69) is 56.5 Å². The third-order valence-electron chi connectivity index (χ3n) is 5.95. The van der Waals surface area contributed by atoms with Crippen LogP contribution in [0.3, 0.4) is 0 Å². The van der Waals surface area contributed by atoms with Crippen molar-refractivity contribution in [3.8, 4) is 5.88 Å². The van der Waals surface area contributed by atoms with Gasteiger partial charge in [-0.2, -0.15) is 9.97 Å².